The zero-order valence-electron chi connectivity index (χ0n) is 18.4. The third-order valence-electron chi connectivity index (χ3n) is 6.77. The number of hydrogen-bond acceptors (Lipinski definition) is 4. The predicted molar refractivity (Wildman–Crippen MR) is 123 cm³/mol. The zero-order chi connectivity index (χ0) is 22.7. The summed E-state index contributed by atoms with van der Waals surface area (Å²) >= 11 is 7.36. The molecule has 1 saturated heterocycles. The minimum absolute atomic E-state index is 0.0536. The van der Waals surface area contributed by atoms with E-state index in [4.69, 9.17) is 21.4 Å². The Morgan fingerprint density at radius 2 is 1.84 bits per heavy atom. The van der Waals surface area contributed by atoms with Crippen LogP contribution >= 0.6 is 22.9 Å². The molecule has 2 aliphatic heterocycles. The van der Waals surface area contributed by atoms with Crippen molar-refractivity contribution in [2.75, 3.05) is 19.7 Å². The molecule has 1 aromatic carbocycles. The molecular weight excluding hydrogens is 452 g/mol. The van der Waals surface area contributed by atoms with Crippen LogP contribution in [0.1, 0.15) is 45.7 Å². The van der Waals surface area contributed by atoms with E-state index in [1.807, 2.05) is 11.6 Å². The second-order valence-electron chi connectivity index (χ2n) is 8.98. The van der Waals surface area contributed by atoms with Gasteiger partial charge in [0.2, 0.25) is 0 Å². The molecule has 0 radical (unpaired) electrons. The fraction of sp³-hybridized carbons (Fsp3) is 0.458. The highest BCUT2D eigenvalue weighted by Gasteiger charge is 2.51. The van der Waals surface area contributed by atoms with E-state index in [1.54, 1.807) is 0 Å². The predicted octanol–water partition coefficient (Wildman–Crippen LogP) is 6.13. The van der Waals surface area contributed by atoms with E-state index in [1.165, 1.54) is 34.1 Å². The molecule has 2 aromatic heterocycles. The number of hydrogen-bond donors (Lipinski definition) is 0. The van der Waals surface area contributed by atoms with Crippen LogP contribution in [0.5, 0.6) is 0 Å². The normalized spacial score (nSPS) is 19.9. The van der Waals surface area contributed by atoms with Gasteiger partial charge in [0.05, 0.1) is 15.7 Å². The molecule has 8 heteroatoms. The summed E-state index contributed by atoms with van der Waals surface area (Å²) in [4.78, 5) is 2.97. The van der Waals surface area contributed by atoms with Crippen LogP contribution in [0.25, 0.3) is 5.69 Å². The van der Waals surface area contributed by atoms with Crippen molar-refractivity contribution in [3.05, 3.63) is 67.6 Å². The molecule has 170 valence electrons. The highest BCUT2D eigenvalue weighted by atomic mass is 35.5. The van der Waals surface area contributed by atoms with E-state index >= 15 is 0 Å². The summed E-state index contributed by atoms with van der Waals surface area (Å²) in [6, 6.07) is 7.68. The number of para-hydroxylation sites is 1. The number of rotatable bonds is 3. The van der Waals surface area contributed by atoms with E-state index in [0.717, 1.165) is 31.0 Å². The summed E-state index contributed by atoms with van der Waals surface area (Å²) in [7, 11) is 0. The maximum absolute atomic E-state index is 14.4. The van der Waals surface area contributed by atoms with Gasteiger partial charge in [-0.05, 0) is 50.8 Å². The largest absolute Gasteiger partial charge is 0.363 e. The summed E-state index contributed by atoms with van der Waals surface area (Å²) in [6.07, 6.45) is 3.47. The lowest BCUT2D eigenvalue weighted by atomic mass is 9.84. The molecule has 5 rings (SSSR count). The Morgan fingerprint density at radius 3 is 2.53 bits per heavy atom. The highest BCUT2D eigenvalue weighted by Crippen LogP contribution is 2.52. The first-order chi connectivity index (χ1) is 15.2. The van der Waals surface area contributed by atoms with Crippen LogP contribution < -0.4 is 0 Å². The standard InChI is InChI=1S/C24H26ClF2N3OS/c1-15-5-4-6-16(2)21(15)30-13-18(17(3)28-30)12-29-9-7-23(8-10-29)22-19(11-20(25)32-22)24(26,27)14-31-23/h4-6,11,13H,7-10,12,14H2,1-3H3. The van der Waals surface area contributed by atoms with Gasteiger partial charge < -0.3 is 4.74 Å². The summed E-state index contributed by atoms with van der Waals surface area (Å²) in [5.74, 6) is -2.97. The first kappa shape index (κ1) is 22.0. The van der Waals surface area contributed by atoms with E-state index < -0.39 is 18.1 Å². The van der Waals surface area contributed by atoms with Gasteiger partial charge in [-0.3, -0.25) is 4.90 Å². The molecule has 3 aromatic rings. The minimum Gasteiger partial charge on any atom is -0.363 e. The van der Waals surface area contributed by atoms with E-state index in [0.29, 0.717) is 22.1 Å². The highest BCUT2D eigenvalue weighted by molar-refractivity contribution is 7.16. The molecule has 0 N–H and O–H groups in total. The molecule has 1 fully saturated rings. The van der Waals surface area contributed by atoms with Crippen molar-refractivity contribution < 1.29 is 13.5 Å². The lowest BCUT2D eigenvalue weighted by Gasteiger charge is -2.45. The van der Waals surface area contributed by atoms with Crippen LogP contribution in [0.2, 0.25) is 4.34 Å². The number of thiophene rings is 1. The van der Waals surface area contributed by atoms with Gasteiger partial charge in [-0.2, -0.15) is 13.9 Å². The van der Waals surface area contributed by atoms with Gasteiger partial charge >= 0.3 is 0 Å². The molecule has 4 heterocycles. The zero-order valence-corrected chi connectivity index (χ0v) is 20.0. The number of benzene rings is 1. The Balaban J connectivity index is 1.33. The van der Waals surface area contributed by atoms with Crippen molar-refractivity contribution in [2.45, 2.75) is 51.7 Å². The molecule has 0 saturated carbocycles. The van der Waals surface area contributed by atoms with Crippen LogP contribution in [0.4, 0.5) is 8.78 Å². The molecular formula is C24H26ClF2N3OS. The fourth-order valence-corrected chi connectivity index (χ4v) is 6.44. The van der Waals surface area contributed by atoms with Gasteiger partial charge in [0.15, 0.2) is 0 Å². The number of aryl methyl sites for hydroxylation is 3. The lowest BCUT2D eigenvalue weighted by molar-refractivity contribution is -0.182. The second-order valence-corrected chi connectivity index (χ2v) is 10.7. The van der Waals surface area contributed by atoms with Gasteiger partial charge in [0.25, 0.3) is 5.92 Å². The number of halogens is 3. The number of alkyl halides is 2. The van der Waals surface area contributed by atoms with Crippen LogP contribution in [0.15, 0.2) is 30.5 Å². The Kier molecular flexibility index (Phi) is 5.44. The van der Waals surface area contributed by atoms with Crippen molar-refractivity contribution >= 4 is 22.9 Å². The minimum atomic E-state index is -2.97. The third kappa shape index (κ3) is 3.69. The summed E-state index contributed by atoms with van der Waals surface area (Å²) < 4.78 is 36.9. The summed E-state index contributed by atoms with van der Waals surface area (Å²) in [5, 5.41) is 4.77. The van der Waals surface area contributed by atoms with Crippen molar-refractivity contribution in [2.24, 2.45) is 0 Å². The SMILES string of the molecule is Cc1cccc(C)c1-n1cc(CN2CCC3(CC2)OCC(F)(F)c2cc(Cl)sc23)c(C)n1. The monoisotopic (exact) mass is 477 g/mol. The number of likely N-dealkylation sites (tertiary alicyclic amines) is 1. The average molecular weight is 478 g/mol. The van der Waals surface area contributed by atoms with E-state index in [9.17, 15) is 8.78 Å². The Labute approximate surface area is 195 Å². The molecule has 1 spiro atoms. The summed E-state index contributed by atoms with van der Waals surface area (Å²) in [5.41, 5.74) is 5.10. The molecule has 0 unspecified atom stereocenters. The number of piperidine rings is 1. The first-order valence-electron chi connectivity index (χ1n) is 10.8. The number of nitrogens with zero attached hydrogens (tertiary/aromatic N) is 3. The van der Waals surface area contributed by atoms with Crippen molar-refractivity contribution in [3.8, 4) is 5.69 Å². The van der Waals surface area contributed by atoms with Gasteiger partial charge in [-0.15, -0.1) is 11.3 Å². The molecule has 0 aliphatic carbocycles. The third-order valence-corrected chi connectivity index (χ3v) is 8.22. The molecule has 2 aliphatic rings. The molecule has 0 amide bonds. The summed E-state index contributed by atoms with van der Waals surface area (Å²) in [6.45, 7) is 7.99. The van der Waals surface area contributed by atoms with Crippen LogP contribution in [0.3, 0.4) is 0 Å². The van der Waals surface area contributed by atoms with Crippen molar-refractivity contribution in [1.29, 1.82) is 0 Å². The number of aromatic nitrogens is 2. The number of fused-ring (bicyclic) bond motifs is 2. The molecule has 0 bridgehead atoms. The van der Waals surface area contributed by atoms with Gasteiger partial charge in [0.1, 0.15) is 12.2 Å². The van der Waals surface area contributed by atoms with Crippen LogP contribution in [-0.2, 0) is 22.8 Å². The van der Waals surface area contributed by atoms with Gasteiger partial charge in [0, 0.05) is 41.8 Å². The Morgan fingerprint density at radius 1 is 1.16 bits per heavy atom. The molecule has 0 atom stereocenters. The smallest absolute Gasteiger partial charge is 0.297 e. The second kappa shape index (κ2) is 7.90. The molecule has 32 heavy (non-hydrogen) atoms. The molecule has 4 nitrogen and oxygen atoms in total. The number of ether oxygens (including phenoxy) is 1. The maximum atomic E-state index is 14.4. The van der Waals surface area contributed by atoms with E-state index in [-0.39, 0.29) is 5.56 Å². The van der Waals surface area contributed by atoms with Gasteiger partial charge in [-0.25, -0.2) is 4.68 Å². The first-order valence-corrected chi connectivity index (χ1v) is 12.0. The van der Waals surface area contributed by atoms with Crippen molar-refractivity contribution in [1.82, 2.24) is 14.7 Å². The lowest BCUT2D eigenvalue weighted by Crippen LogP contribution is -2.48. The van der Waals surface area contributed by atoms with Crippen molar-refractivity contribution in [3.63, 3.8) is 0 Å². The van der Waals surface area contributed by atoms with Crippen LogP contribution in [0, 0.1) is 20.8 Å². The average Bonchev–Trinajstić information content (AvgIpc) is 3.31. The Bertz CT molecular complexity index is 1140. The quantitative estimate of drug-likeness (QED) is 0.455. The fourth-order valence-electron chi connectivity index (χ4n) is 4.96. The van der Waals surface area contributed by atoms with E-state index in [2.05, 4.69) is 43.1 Å². The topological polar surface area (TPSA) is 30.3 Å². The maximum Gasteiger partial charge on any atom is 0.297 e. The van der Waals surface area contributed by atoms with Gasteiger partial charge in [-0.1, -0.05) is 29.8 Å². The Hall–Kier alpha value is -1.80. The van der Waals surface area contributed by atoms with Crippen LogP contribution in [-0.4, -0.2) is 34.4 Å².